The number of nitrogens with one attached hydrogen (secondary N) is 1. The summed E-state index contributed by atoms with van der Waals surface area (Å²) < 4.78 is 0. The predicted octanol–water partition coefficient (Wildman–Crippen LogP) is 1.10. The number of rotatable bonds is 3. The van der Waals surface area contributed by atoms with Crippen molar-refractivity contribution in [1.29, 1.82) is 0 Å². The van der Waals surface area contributed by atoms with Crippen molar-refractivity contribution in [3.05, 3.63) is 47.2 Å². The number of hydrogen-bond donors (Lipinski definition) is 1. The van der Waals surface area contributed by atoms with Crippen LogP contribution in [0, 0.1) is 11.8 Å². The van der Waals surface area contributed by atoms with Crippen LogP contribution in [0.3, 0.4) is 0 Å². The van der Waals surface area contributed by atoms with Crippen LogP contribution in [0.2, 0.25) is 0 Å². The SMILES string of the molecule is CN(C)CC#CCNC1=CC(=O)c2ccccc2C1=O. The molecular weight excluding hydrogens is 252 g/mol. The monoisotopic (exact) mass is 268 g/mol. The molecule has 20 heavy (non-hydrogen) atoms. The molecule has 1 aliphatic carbocycles. The standard InChI is InChI=1S/C16H16N2O2/c1-18(2)10-6-5-9-17-14-11-15(19)12-7-3-4-8-13(12)16(14)20/h3-4,7-8,11,17H,9-10H2,1-2H3. The minimum atomic E-state index is -0.158. The second-order valence-electron chi connectivity index (χ2n) is 4.74. The van der Waals surface area contributed by atoms with E-state index in [0.717, 1.165) is 0 Å². The summed E-state index contributed by atoms with van der Waals surface area (Å²) in [7, 11) is 3.87. The molecule has 0 atom stereocenters. The summed E-state index contributed by atoms with van der Waals surface area (Å²) in [6.07, 6.45) is 1.35. The molecule has 1 N–H and O–H groups in total. The van der Waals surface area contributed by atoms with Gasteiger partial charge in [0.1, 0.15) is 0 Å². The number of hydrogen-bond acceptors (Lipinski definition) is 4. The molecule has 1 aromatic rings. The predicted molar refractivity (Wildman–Crippen MR) is 77.5 cm³/mol. The minimum Gasteiger partial charge on any atom is -0.371 e. The molecule has 0 amide bonds. The second kappa shape index (κ2) is 6.18. The van der Waals surface area contributed by atoms with Gasteiger partial charge in [0.05, 0.1) is 18.8 Å². The fourth-order valence-electron chi connectivity index (χ4n) is 1.86. The molecule has 4 heteroatoms. The zero-order valence-electron chi connectivity index (χ0n) is 11.6. The van der Waals surface area contributed by atoms with E-state index in [-0.39, 0.29) is 11.6 Å². The van der Waals surface area contributed by atoms with Gasteiger partial charge in [0.25, 0.3) is 0 Å². The topological polar surface area (TPSA) is 49.4 Å². The Balaban J connectivity index is 2.05. The van der Waals surface area contributed by atoms with E-state index in [1.54, 1.807) is 24.3 Å². The lowest BCUT2D eigenvalue weighted by atomic mass is 9.93. The van der Waals surface area contributed by atoms with Crippen LogP contribution in [-0.4, -0.2) is 43.7 Å². The summed E-state index contributed by atoms with van der Waals surface area (Å²) in [5, 5.41) is 2.92. The maximum absolute atomic E-state index is 12.2. The first-order valence-corrected chi connectivity index (χ1v) is 6.33. The van der Waals surface area contributed by atoms with Gasteiger partial charge in [-0.1, -0.05) is 36.1 Å². The Morgan fingerprint density at radius 3 is 2.50 bits per heavy atom. The number of carbonyl (C=O) groups excluding carboxylic acids is 2. The first-order valence-electron chi connectivity index (χ1n) is 6.33. The first-order chi connectivity index (χ1) is 9.59. The highest BCUT2D eigenvalue weighted by Gasteiger charge is 2.24. The van der Waals surface area contributed by atoms with Gasteiger partial charge in [-0.3, -0.25) is 14.5 Å². The van der Waals surface area contributed by atoms with Gasteiger partial charge in [-0.2, -0.15) is 0 Å². The van der Waals surface area contributed by atoms with Crippen molar-refractivity contribution in [3.8, 4) is 11.8 Å². The van der Waals surface area contributed by atoms with Crippen LogP contribution in [0.25, 0.3) is 0 Å². The molecule has 0 fully saturated rings. The smallest absolute Gasteiger partial charge is 0.209 e. The Labute approximate surface area is 118 Å². The molecule has 0 spiro atoms. The van der Waals surface area contributed by atoms with E-state index in [1.807, 2.05) is 19.0 Å². The lowest BCUT2D eigenvalue weighted by Crippen LogP contribution is -2.27. The van der Waals surface area contributed by atoms with Crippen molar-refractivity contribution in [2.45, 2.75) is 0 Å². The van der Waals surface area contributed by atoms with Crippen LogP contribution in [-0.2, 0) is 0 Å². The van der Waals surface area contributed by atoms with Gasteiger partial charge < -0.3 is 5.32 Å². The van der Waals surface area contributed by atoms with Gasteiger partial charge in [-0.15, -0.1) is 0 Å². The molecule has 102 valence electrons. The number of ketones is 2. The summed E-state index contributed by atoms with van der Waals surface area (Å²) >= 11 is 0. The molecule has 1 aliphatic rings. The third kappa shape index (κ3) is 3.14. The molecule has 0 saturated heterocycles. The fraction of sp³-hybridized carbons (Fsp3) is 0.250. The molecule has 0 heterocycles. The maximum Gasteiger partial charge on any atom is 0.209 e. The van der Waals surface area contributed by atoms with Gasteiger partial charge in [0.2, 0.25) is 5.78 Å². The molecule has 4 nitrogen and oxygen atoms in total. The van der Waals surface area contributed by atoms with Crippen LogP contribution in [0.4, 0.5) is 0 Å². The molecule has 0 aliphatic heterocycles. The molecule has 0 radical (unpaired) electrons. The van der Waals surface area contributed by atoms with Crippen molar-refractivity contribution in [3.63, 3.8) is 0 Å². The van der Waals surface area contributed by atoms with Crippen molar-refractivity contribution >= 4 is 11.6 Å². The van der Waals surface area contributed by atoms with Crippen molar-refractivity contribution in [2.24, 2.45) is 0 Å². The Hall–Kier alpha value is -2.38. The average molecular weight is 268 g/mol. The van der Waals surface area contributed by atoms with E-state index >= 15 is 0 Å². The number of fused-ring (bicyclic) bond motifs is 1. The molecule has 2 rings (SSSR count). The van der Waals surface area contributed by atoms with Crippen LogP contribution in [0.15, 0.2) is 36.0 Å². The lowest BCUT2D eigenvalue weighted by Gasteiger charge is -2.15. The summed E-state index contributed by atoms with van der Waals surface area (Å²) in [6, 6.07) is 6.84. The van der Waals surface area contributed by atoms with Crippen LogP contribution >= 0.6 is 0 Å². The number of allylic oxidation sites excluding steroid dienone is 2. The third-order valence-corrected chi connectivity index (χ3v) is 2.84. The van der Waals surface area contributed by atoms with Crippen molar-refractivity contribution < 1.29 is 9.59 Å². The molecule has 0 saturated carbocycles. The quantitative estimate of drug-likeness (QED) is 0.834. The van der Waals surface area contributed by atoms with Gasteiger partial charge in [0.15, 0.2) is 5.78 Å². The highest BCUT2D eigenvalue weighted by atomic mass is 16.1. The molecule has 1 aromatic carbocycles. The summed E-state index contributed by atoms with van der Waals surface area (Å²) in [6.45, 7) is 1.01. The van der Waals surface area contributed by atoms with Crippen molar-refractivity contribution in [1.82, 2.24) is 10.2 Å². The summed E-state index contributed by atoms with van der Waals surface area (Å²) in [4.78, 5) is 26.1. The Kier molecular flexibility index (Phi) is 4.34. The highest BCUT2D eigenvalue weighted by Crippen LogP contribution is 2.19. The van der Waals surface area contributed by atoms with Gasteiger partial charge >= 0.3 is 0 Å². The van der Waals surface area contributed by atoms with Gasteiger partial charge in [-0.25, -0.2) is 0 Å². The number of Topliss-reactive ketones (excluding diaryl/α,β-unsaturated/α-hetero) is 1. The van der Waals surface area contributed by atoms with E-state index in [0.29, 0.717) is 29.9 Å². The summed E-state index contributed by atoms with van der Waals surface area (Å²) in [5.74, 6) is 5.57. The van der Waals surface area contributed by atoms with Crippen LogP contribution < -0.4 is 5.32 Å². The zero-order chi connectivity index (χ0) is 14.5. The van der Waals surface area contributed by atoms with Gasteiger partial charge in [0, 0.05) is 17.2 Å². The second-order valence-corrected chi connectivity index (χ2v) is 4.74. The number of benzene rings is 1. The molecular formula is C16H16N2O2. The first kappa shape index (κ1) is 14.0. The highest BCUT2D eigenvalue weighted by molar-refractivity contribution is 6.24. The largest absolute Gasteiger partial charge is 0.371 e. The summed E-state index contributed by atoms with van der Waals surface area (Å²) in [5.41, 5.74) is 1.22. The Morgan fingerprint density at radius 1 is 1.10 bits per heavy atom. The number of carbonyl (C=O) groups is 2. The average Bonchev–Trinajstić information content (AvgIpc) is 2.43. The molecule has 0 bridgehead atoms. The fourth-order valence-corrected chi connectivity index (χ4v) is 1.86. The van der Waals surface area contributed by atoms with E-state index in [9.17, 15) is 9.59 Å². The molecule has 0 unspecified atom stereocenters. The Morgan fingerprint density at radius 2 is 1.80 bits per heavy atom. The number of nitrogens with zero attached hydrogens (tertiary/aromatic N) is 1. The van der Waals surface area contributed by atoms with Gasteiger partial charge in [-0.05, 0) is 14.1 Å². The molecule has 0 aromatic heterocycles. The van der Waals surface area contributed by atoms with E-state index < -0.39 is 0 Å². The van der Waals surface area contributed by atoms with Crippen LogP contribution in [0.1, 0.15) is 20.7 Å². The van der Waals surface area contributed by atoms with E-state index in [4.69, 9.17) is 0 Å². The Bertz CT molecular complexity index is 633. The van der Waals surface area contributed by atoms with E-state index in [2.05, 4.69) is 17.2 Å². The maximum atomic E-state index is 12.2. The normalized spacial score (nSPS) is 13.4. The van der Waals surface area contributed by atoms with Crippen LogP contribution in [0.5, 0.6) is 0 Å². The van der Waals surface area contributed by atoms with E-state index in [1.165, 1.54) is 6.08 Å². The zero-order valence-corrected chi connectivity index (χ0v) is 11.6. The third-order valence-electron chi connectivity index (χ3n) is 2.84. The lowest BCUT2D eigenvalue weighted by molar-refractivity contribution is 0.0979. The van der Waals surface area contributed by atoms with Crippen molar-refractivity contribution in [2.75, 3.05) is 27.2 Å². The minimum absolute atomic E-state index is 0.149.